The van der Waals surface area contributed by atoms with Crippen molar-refractivity contribution in [3.63, 3.8) is 0 Å². The van der Waals surface area contributed by atoms with Gasteiger partial charge in [0.15, 0.2) is 0 Å². The van der Waals surface area contributed by atoms with E-state index in [9.17, 15) is 4.79 Å². The molecule has 2 aromatic carbocycles. The van der Waals surface area contributed by atoms with Crippen molar-refractivity contribution in [1.29, 1.82) is 0 Å². The summed E-state index contributed by atoms with van der Waals surface area (Å²) in [4.78, 5) is 11.2. The normalized spacial score (nSPS) is 10.5. The highest BCUT2D eigenvalue weighted by atomic mass is 16.1. The van der Waals surface area contributed by atoms with Crippen LogP contribution < -0.4 is 0 Å². The van der Waals surface area contributed by atoms with Crippen LogP contribution in [-0.4, -0.2) is 5.78 Å². The fourth-order valence-electron chi connectivity index (χ4n) is 2.46. The van der Waals surface area contributed by atoms with Crippen molar-refractivity contribution in [3.8, 4) is 11.1 Å². The highest BCUT2D eigenvalue weighted by Gasteiger charge is 2.10. The zero-order chi connectivity index (χ0) is 13.8. The number of benzene rings is 2. The molecule has 0 aliphatic rings. The Morgan fingerprint density at radius 3 is 2.21 bits per heavy atom. The van der Waals surface area contributed by atoms with Gasteiger partial charge in [-0.3, -0.25) is 0 Å². The number of carbonyl (C=O) groups is 1. The Labute approximate surface area is 115 Å². The van der Waals surface area contributed by atoms with Crippen molar-refractivity contribution in [3.05, 3.63) is 59.2 Å². The van der Waals surface area contributed by atoms with Gasteiger partial charge in [-0.15, -0.1) is 0 Å². The van der Waals surface area contributed by atoms with E-state index >= 15 is 0 Å². The highest BCUT2D eigenvalue weighted by Crippen LogP contribution is 2.29. The first-order valence-corrected chi connectivity index (χ1v) is 6.73. The average molecular weight is 252 g/mol. The number of rotatable bonds is 4. The summed E-state index contributed by atoms with van der Waals surface area (Å²) in [6.07, 6.45) is 1.44. The predicted molar refractivity (Wildman–Crippen MR) is 80.4 cm³/mol. The number of ketones is 1. The summed E-state index contributed by atoms with van der Waals surface area (Å²) < 4.78 is 0. The Kier molecular flexibility index (Phi) is 4.16. The van der Waals surface area contributed by atoms with E-state index in [-0.39, 0.29) is 5.78 Å². The van der Waals surface area contributed by atoms with E-state index in [1.165, 1.54) is 27.8 Å². The van der Waals surface area contributed by atoms with Gasteiger partial charge < -0.3 is 4.79 Å². The summed E-state index contributed by atoms with van der Waals surface area (Å²) in [6.45, 7) is 5.91. The van der Waals surface area contributed by atoms with Gasteiger partial charge in [-0.1, -0.05) is 42.5 Å². The van der Waals surface area contributed by atoms with Gasteiger partial charge in [-0.2, -0.15) is 0 Å². The van der Waals surface area contributed by atoms with Crippen molar-refractivity contribution < 1.29 is 4.79 Å². The van der Waals surface area contributed by atoms with Crippen LogP contribution >= 0.6 is 0 Å². The zero-order valence-electron chi connectivity index (χ0n) is 11.9. The van der Waals surface area contributed by atoms with Gasteiger partial charge in [0.05, 0.1) is 0 Å². The lowest BCUT2D eigenvalue weighted by Crippen LogP contribution is -1.99. The molecule has 19 heavy (non-hydrogen) atoms. The second-order valence-corrected chi connectivity index (χ2v) is 5.12. The van der Waals surface area contributed by atoms with Gasteiger partial charge in [0.25, 0.3) is 0 Å². The van der Waals surface area contributed by atoms with E-state index in [0.29, 0.717) is 6.42 Å². The van der Waals surface area contributed by atoms with Crippen molar-refractivity contribution in [1.82, 2.24) is 0 Å². The lowest BCUT2D eigenvalue weighted by atomic mass is 9.90. The van der Waals surface area contributed by atoms with Gasteiger partial charge >= 0.3 is 0 Å². The van der Waals surface area contributed by atoms with Crippen LogP contribution in [0.25, 0.3) is 11.1 Å². The van der Waals surface area contributed by atoms with Crippen LogP contribution in [0, 0.1) is 13.8 Å². The van der Waals surface area contributed by atoms with Crippen molar-refractivity contribution >= 4 is 5.78 Å². The molecule has 0 radical (unpaired) electrons. The zero-order valence-corrected chi connectivity index (χ0v) is 11.9. The summed E-state index contributed by atoms with van der Waals surface area (Å²) in [5, 5.41) is 0. The Bertz CT molecular complexity index is 596. The Balaban J connectivity index is 2.48. The van der Waals surface area contributed by atoms with Crippen molar-refractivity contribution in [2.45, 2.75) is 33.6 Å². The summed E-state index contributed by atoms with van der Waals surface area (Å²) >= 11 is 0. The van der Waals surface area contributed by atoms with Crippen LogP contribution in [0.15, 0.2) is 42.5 Å². The SMILES string of the molecule is CC(=O)CCc1c(C)cccc1-c1ccccc1C. The molecule has 0 saturated heterocycles. The maximum Gasteiger partial charge on any atom is 0.130 e. The third-order valence-electron chi connectivity index (χ3n) is 3.57. The van der Waals surface area contributed by atoms with Gasteiger partial charge in [0.2, 0.25) is 0 Å². The van der Waals surface area contributed by atoms with Crippen LogP contribution in [0.1, 0.15) is 30.0 Å². The minimum Gasteiger partial charge on any atom is -0.300 e. The second-order valence-electron chi connectivity index (χ2n) is 5.12. The molecule has 2 rings (SSSR count). The topological polar surface area (TPSA) is 17.1 Å². The third-order valence-corrected chi connectivity index (χ3v) is 3.57. The molecule has 0 amide bonds. The molecule has 1 nitrogen and oxygen atoms in total. The number of hydrogen-bond acceptors (Lipinski definition) is 1. The lowest BCUT2D eigenvalue weighted by Gasteiger charge is -2.14. The maximum absolute atomic E-state index is 11.2. The number of hydrogen-bond donors (Lipinski definition) is 0. The summed E-state index contributed by atoms with van der Waals surface area (Å²) in [5.74, 6) is 0.249. The van der Waals surface area contributed by atoms with Gasteiger partial charge in [0.1, 0.15) is 5.78 Å². The standard InChI is InChI=1S/C18H20O/c1-13-7-4-5-9-16(13)18-10-6-8-14(2)17(18)12-11-15(3)19/h4-10H,11-12H2,1-3H3. The van der Waals surface area contributed by atoms with Crippen LogP contribution in [-0.2, 0) is 11.2 Å². The molecule has 0 aromatic heterocycles. The minimum absolute atomic E-state index is 0.249. The monoisotopic (exact) mass is 252 g/mol. The fourth-order valence-corrected chi connectivity index (χ4v) is 2.46. The largest absolute Gasteiger partial charge is 0.300 e. The quantitative estimate of drug-likeness (QED) is 0.783. The molecule has 0 saturated carbocycles. The Hall–Kier alpha value is -1.89. The molecule has 0 aliphatic carbocycles. The molecule has 0 fully saturated rings. The molecule has 0 N–H and O–H groups in total. The Morgan fingerprint density at radius 1 is 0.895 bits per heavy atom. The Morgan fingerprint density at radius 2 is 1.53 bits per heavy atom. The third kappa shape index (κ3) is 3.11. The lowest BCUT2D eigenvalue weighted by molar-refractivity contribution is -0.116. The summed E-state index contributed by atoms with van der Waals surface area (Å²) in [7, 11) is 0. The number of Topliss-reactive ketones (excluding diaryl/α,β-unsaturated/α-hetero) is 1. The first kappa shape index (κ1) is 13.5. The average Bonchev–Trinajstić information content (AvgIpc) is 2.37. The first-order valence-electron chi connectivity index (χ1n) is 6.73. The molecular formula is C18H20O. The van der Waals surface area contributed by atoms with Crippen LogP contribution in [0.3, 0.4) is 0 Å². The van der Waals surface area contributed by atoms with Gasteiger partial charge in [0, 0.05) is 6.42 Å². The molecule has 0 bridgehead atoms. The van der Waals surface area contributed by atoms with E-state index < -0.39 is 0 Å². The smallest absolute Gasteiger partial charge is 0.130 e. The second kappa shape index (κ2) is 5.83. The molecular weight excluding hydrogens is 232 g/mol. The van der Waals surface area contributed by atoms with Gasteiger partial charge in [-0.25, -0.2) is 0 Å². The molecule has 0 unspecified atom stereocenters. The highest BCUT2D eigenvalue weighted by molar-refractivity contribution is 5.77. The summed E-state index contributed by atoms with van der Waals surface area (Å²) in [6, 6.07) is 14.8. The molecule has 0 heterocycles. The fraction of sp³-hybridized carbons (Fsp3) is 0.278. The molecule has 0 atom stereocenters. The van der Waals surface area contributed by atoms with E-state index in [4.69, 9.17) is 0 Å². The van der Waals surface area contributed by atoms with Crippen molar-refractivity contribution in [2.24, 2.45) is 0 Å². The van der Waals surface area contributed by atoms with E-state index in [2.05, 4.69) is 56.3 Å². The van der Waals surface area contributed by atoms with E-state index in [1.807, 2.05) is 0 Å². The van der Waals surface area contributed by atoms with E-state index in [1.54, 1.807) is 6.92 Å². The number of carbonyl (C=O) groups excluding carboxylic acids is 1. The molecule has 2 aromatic rings. The van der Waals surface area contributed by atoms with Crippen LogP contribution in [0.2, 0.25) is 0 Å². The molecule has 1 heteroatoms. The molecule has 0 spiro atoms. The van der Waals surface area contributed by atoms with E-state index in [0.717, 1.165) is 6.42 Å². The molecule has 0 aliphatic heterocycles. The number of aryl methyl sites for hydroxylation is 2. The first-order chi connectivity index (χ1) is 9.09. The van der Waals surface area contributed by atoms with Gasteiger partial charge in [-0.05, 0) is 55.0 Å². The molecule has 98 valence electrons. The van der Waals surface area contributed by atoms with Crippen LogP contribution in [0.4, 0.5) is 0 Å². The maximum atomic E-state index is 11.2. The van der Waals surface area contributed by atoms with Crippen LogP contribution in [0.5, 0.6) is 0 Å². The van der Waals surface area contributed by atoms with Crippen molar-refractivity contribution in [2.75, 3.05) is 0 Å². The minimum atomic E-state index is 0.249. The predicted octanol–water partition coefficient (Wildman–Crippen LogP) is 4.49. The summed E-state index contributed by atoms with van der Waals surface area (Å²) in [5.41, 5.74) is 6.37.